The third-order valence-corrected chi connectivity index (χ3v) is 4.57. The van der Waals surface area contributed by atoms with Gasteiger partial charge in [0.1, 0.15) is 0 Å². The Bertz CT molecular complexity index is 369. The topological polar surface area (TPSA) is 12.0 Å². The molecule has 0 saturated heterocycles. The van der Waals surface area contributed by atoms with Gasteiger partial charge in [0, 0.05) is 10.5 Å². The van der Waals surface area contributed by atoms with Crippen molar-refractivity contribution in [2.75, 3.05) is 7.05 Å². The molecule has 0 radical (unpaired) electrons. The van der Waals surface area contributed by atoms with Gasteiger partial charge >= 0.3 is 0 Å². The van der Waals surface area contributed by atoms with Gasteiger partial charge in [0.05, 0.1) is 0 Å². The molecule has 0 aliphatic rings. The summed E-state index contributed by atoms with van der Waals surface area (Å²) in [6.45, 7) is 8.91. The molecule has 96 valence electrons. The van der Waals surface area contributed by atoms with Gasteiger partial charge in [0.2, 0.25) is 0 Å². The van der Waals surface area contributed by atoms with E-state index in [1.54, 1.807) is 0 Å². The Morgan fingerprint density at radius 3 is 2.18 bits per heavy atom. The Balaban J connectivity index is 3.15. The van der Waals surface area contributed by atoms with E-state index in [4.69, 9.17) is 0 Å². The first-order chi connectivity index (χ1) is 8.04. The largest absolute Gasteiger partial charge is 0.313 e. The number of hydrogen-bond acceptors (Lipinski definition) is 1. The molecule has 0 aliphatic heterocycles. The molecule has 1 nitrogen and oxygen atoms in total. The third kappa shape index (κ3) is 3.32. The van der Waals surface area contributed by atoms with Crippen LogP contribution in [0.3, 0.4) is 0 Å². The smallest absolute Gasteiger partial charge is 0.0348 e. The molecule has 0 saturated carbocycles. The van der Waals surface area contributed by atoms with E-state index >= 15 is 0 Å². The molecule has 1 N–H and O–H groups in total. The molecule has 0 fully saturated rings. The third-order valence-electron chi connectivity index (χ3n) is 3.71. The Kier molecular flexibility index (Phi) is 5.68. The first kappa shape index (κ1) is 14.7. The highest BCUT2D eigenvalue weighted by atomic mass is 79.9. The van der Waals surface area contributed by atoms with Crippen molar-refractivity contribution in [1.29, 1.82) is 0 Å². The average molecular weight is 298 g/mol. The minimum atomic E-state index is 0.469. The fourth-order valence-corrected chi connectivity index (χ4v) is 3.00. The highest BCUT2D eigenvalue weighted by Crippen LogP contribution is 2.32. The highest BCUT2D eigenvalue weighted by molar-refractivity contribution is 9.10. The molecule has 2 heteroatoms. The van der Waals surface area contributed by atoms with E-state index in [0.717, 1.165) is 0 Å². The van der Waals surface area contributed by atoms with Crippen LogP contribution >= 0.6 is 15.9 Å². The van der Waals surface area contributed by atoms with Crippen molar-refractivity contribution < 1.29 is 0 Å². The van der Waals surface area contributed by atoms with Gasteiger partial charge in [-0.1, -0.05) is 48.7 Å². The monoisotopic (exact) mass is 297 g/mol. The van der Waals surface area contributed by atoms with E-state index in [1.807, 2.05) is 0 Å². The minimum Gasteiger partial charge on any atom is -0.313 e. The number of rotatable bonds is 5. The van der Waals surface area contributed by atoms with E-state index in [1.165, 1.54) is 34.0 Å². The van der Waals surface area contributed by atoms with Crippen LogP contribution in [-0.2, 0) is 0 Å². The van der Waals surface area contributed by atoms with Crippen molar-refractivity contribution in [3.63, 3.8) is 0 Å². The van der Waals surface area contributed by atoms with Crippen molar-refractivity contribution in [1.82, 2.24) is 5.32 Å². The van der Waals surface area contributed by atoms with Crippen LogP contribution in [0.1, 0.15) is 49.4 Å². The molecule has 0 spiro atoms. The van der Waals surface area contributed by atoms with Gasteiger partial charge < -0.3 is 5.32 Å². The van der Waals surface area contributed by atoms with Crippen molar-refractivity contribution >= 4 is 15.9 Å². The zero-order valence-corrected chi connectivity index (χ0v) is 13.2. The van der Waals surface area contributed by atoms with E-state index in [2.05, 4.69) is 68.1 Å². The van der Waals surface area contributed by atoms with Gasteiger partial charge in [-0.25, -0.2) is 0 Å². The van der Waals surface area contributed by atoms with Gasteiger partial charge in [-0.15, -0.1) is 0 Å². The summed E-state index contributed by atoms with van der Waals surface area (Å²) in [5.74, 6) is 0.708. The lowest BCUT2D eigenvalue weighted by molar-refractivity contribution is 0.358. The molecule has 0 aliphatic carbocycles. The molecule has 0 bridgehead atoms. The lowest BCUT2D eigenvalue weighted by atomic mass is 9.86. The Labute approximate surface area is 114 Å². The minimum absolute atomic E-state index is 0.469. The van der Waals surface area contributed by atoms with Crippen LogP contribution in [0, 0.1) is 19.8 Å². The molecule has 0 aromatic heterocycles. The lowest BCUT2D eigenvalue weighted by Crippen LogP contribution is -2.25. The number of halogens is 1. The van der Waals surface area contributed by atoms with Crippen molar-refractivity contribution in [3.05, 3.63) is 33.3 Å². The second-order valence-electron chi connectivity index (χ2n) is 4.80. The molecule has 1 aromatic rings. The van der Waals surface area contributed by atoms with Crippen LogP contribution in [0.15, 0.2) is 16.6 Å². The summed E-state index contributed by atoms with van der Waals surface area (Å²) in [4.78, 5) is 0. The van der Waals surface area contributed by atoms with E-state index in [9.17, 15) is 0 Å². The van der Waals surface area contributed by atoms with Crippen LogP contribution in [0.25, 0.3) is 0 Å². The van der Waals surface area contributed by atoms with Gasteiger partial charge in [0.15, 0.2) is 0 Å². The Hall–Kier alpha value is -0.340. The lowest BCUT2D eigenvalue weighted by Gasteiger charge is -2.27. The SMILES string of the molecule is CCC(CC)C(NC)c1cc(C)c(Br)cc1C. The quantitative estimate of drug-likeness (QED) is 0.826. The molecule has 17 heavy (non-hydrogen) atoms. The van der Waals surface area contributed by atoms with Crippen molar-refractivity contribution in [3.8, 4) is 0 Å². The van der Waals surface area contributed by atoms with Gasteiger partial charge in [0.25, 0.3) is 0 Å². The van der Waals surface area contributed by atoms with E-state index in [-0.39, 0.29) is 0 Å². The molecule has 1 unspecified atom stereocenters. The molecule has 0 amide bonds. The molecular formula is C15H24BrN. The van der Waals surface area contributed by atoms with Gasteiger partial charge in [-0.2, -0.15) is 0 Å². The Morgan fingerprint density at radius 2 is 1.71 bits per heavy atom. The average Bonchev–Trinajstić information content (AvgIpc) is 2.31. The van der Waals surface area contributed by atoms with Gasteiger partial charge in [-0.05, 0) is 49.6 Å². The Morgan fingerprint density at radius 1 is 1.12 bits per heavy atom. The van der Waals surface area contributed by atoms with Crippen molar-refractivity contribution in [2.24, 2.45) is 5.92 Å². The van der Waals surface area contributed by atoms with Crippen LogP contribution in [0.2, 0.25) is 0 Å². The zero-order valence-electron chi connectivity index (χ0n) is 11.6. The predicted molar refractivity (Wildman–Crippen MR) is 79.5 cm³/mol. The second kappa shape index (κ2) is 6.55. The molecule has 1 aromatic carbocycles. The molecule has 0 heterocycles. The summed E-state index contributed by atoms with van der Waals surface area (Å²) < 4.78 is 1.21. The van der Waals surface area contributed by atoms with Crippen LogP contribution in [-0.4, -0.2) is 7.05 Å². The number of hydrogen-bond donors (Lipinski definition) is 1. The van der Waals surface area contributed by atoms with E-state index in [0.29, 0.717) is 12.0 Å². The summed E-state index contributed by atoms with van der Waals surface area (Å²) in [5.41, 5.74) is 4.13. The summed E-state index contributed by atoms with van der Waals surface area (Å²) in [6.07, 6.45) is 2.44. The van der Waals surface area contributed by atoms with Gasteiger partial charge in [-0.3, -0.25) is 0 Å². The fourth-order valence-electron chi connectivity index (χ4n) is 2.54. The predicted octanol–water partition coefficient (Wildman–Crippen LogP) is 4.76. The highest BCUT2D eigenvalue weighted by Gasteiger charge is 2.20. The number of nitrogens with one attached hydrogen (secondary N) is 1. The molecular weight excluding hydrogens is 274 g/mol. The van der Waals surface area contributed by atoms with Crippen LogP contribution in [0.5, 0.6) is 0 Å². The summed E-state index contributed by atoms with van der Waals surface area (Å²) in [7, 11) is 2.07. The first-order valence-electron chi connectivity index (χ1n) is 6.49. The normalized spacial score (nSPS) is 13.1. The molecule has 1 rings (SSSR count). The first-order valence-corrected chi connectivity index (χ1v) is 7.28. The van der Waals surface area contributed by atoms with Crippen molar-refractivity contribution in [2.45, 2.75) is 46.6 Å². The van der Waals surface area contributed by atoms with Crippen LogP contribution < -0.4 is 5.32 Å². The van der Waals surface area contributed by atoms with Crippen LogP contribution in [0.4, 0.5) is 0 Å². The summed E-state index contributed by atoms with van der Waals surface area (Å²) in [5, 5.41) is 3.49. The fraction of sp³-hybridized carbons (Fsp3) is 0.600. The summed E-state index contributed by atoms with van der Waals surface area (Å²) in [6, 6.07) is 5.02. The number of aryl methyl sites for hydroxylation is 2. The maximum absolute atomic E-state index is 3.60. The second-order valence-corrected chi connectivity index (χ2v) is 5.66. The molecule has 1 atom stereocenters. The maximum atomic E-state index is 3.60. The zero-order chi connectivity index (χ0) is 13.0. The standard InChI is InChI=1S/C15H24BrN/c1-6-12(7-2)15(17-5)13-8-11(4)14(16)9-10(13)3/h8-9,12,15,17H,6-7H2,1-5H3. The maximum Gasteiger partial charge on any atom is 0.0348 e. The number of benzene rings is 1. The summed E-state index contributed by atoms with van der Waals surface area (Å²) >= 11 is 3.60. The van der Waals surface area contributed by atoms with E-state index < -0.39 is 0 Å².